The van der Waals surface area contributed by atoms with Crippen LogP contribution in [0.15, 0.2) is 46.1 Å². The van der Waals surface area contributed by atoms with Gasteiger partial charge in [0.15, 0.2) is 0 Å². The predicted octanol–water partition coefficient (Wildman–Crippen LogP) is 5.15. The highest BCUT2D eigenvalue weighted by molar-refractivity contribution is 7.99. The van der Waals surface area contributed by atoms with Crippen LogP contribution < -0.4 is 4.31 Å². The van der Waals surface area contributed by atoms with Crippen LogP contribution in [0, 0.1) is 11.8 Å². The summed E-state index contributed by atoms with van der Waals surface area (Å²) in [7, 11) is 0. The Balaban J connectivity index is 0.00000172. The topological polar surface area (TPSA) is 45.0 Å². The monoisotopic (exact) mass is 293 g/mol. The Hall–Kier alpha value is -1.62. The van der Waals surface area contributed by atoms with E-state index in [4.69, 9.17) is 0 Å². The highest BCUT2D eigenvalue weighted by Crippen LogP contribution is 2.23. The van der Waals surface area contributed by atoms with E-state index in [1.807, 2.05) is 69.3 Å². The van der Waals surface area contributed by atoms with Crippen LogP contribution >= 0.6 is 12.1 Å². The summed E-state index contributed by atoms with van der Waals surface area (Å²) in [5.74, 6) is 0. The predicted molar refractivity (Wildman–Crippen MR) is 91.2 cm³/mol. The van der Waals surface area contributed by atoms with Gasteiger partial charge in [-0.3, -0.25) is 9.30 Å². The summed E-state index contributed by atoms with van der Waals surface area (Å²) in [6, 6.07) is 7.94. The highest BCUT2D eigenvalue weighted by Gasteiger charge is 2.09. The van der Waals surface area contributed by atoms with E-state index in [0.29, 0.717) is 6.54 Å². The third kappa shape index (κ3) is 7.09. The lowest BCUT2D eigenvalue weighted by molar-refractivity contribution is 1.22. The fourth-order valence-corrected chi connectivity index (χ4v) is 1.97. The first-order valence-electron chi connectivity index (χ1n) is 6.65. The molecule has 1 aromatic carbocycles. The van der Waals surface area contributed by atoms with Crippen LogP contribution in [0.1, 0.15) is 33.3 Å². The maximum absolute atomic E-state index is 10.5. The number of aryl methyl sites for hydroxylation is 1. The van der Waals surface area contributed by atoms with Crippen molar-refractivity contribution in [3.8, 4) is 0 Å². The van der Waals surface area contributed by atoms with Crippen LogP contribution in [0.5, 0.6) is 0 Å². The molecule has 0 spiro atoms. The van der Waals surface area contributed by atoms with Gasteiger partial charge in [-0.15, -0.1) is 4.91 Å². The molecule has 0 aliphatic heterocycles. The molecule has 0 aromatic heterocycles. The number of benzene rings is 1. The minimum atomic E-state index is 0.560. The van der Waals surface area contributed by atoms with Crippen molar-refractivity contribution in [1.29, 1.82) is 0 Å². The van der Waals surface area contributed by atoms with Gasteiger partial charge in [-0.25, -0.2) is 0 Å². The summed E-state index contributed by atoms with van der Waals surface area (Å²) in [5.41, 5.74) is 3.02. The molecule has 110 valence electrons. The third-order valence-electron chi connectivity index (χ3n) is 2.24. The smallest absolute Gasteiger partial charge is 0.140 e. The van der Waals surface area contributed by atoms with Gasteiger partial charge in [0.25, 0.3) is 0 Å². The fourth-order valence-electron chi connectivity index (χ4n) is 1.44. The Labute approximate surface area is 126 Å². The zero-order chi connectivity index (χ0) is 15.4. The van der Waals surface area contributed by atoms with Crippen molar-refractivity contribution in [3.63, 3.8) is 0 Å². The number of aliphatic imine (C=N–C) groups is 1. The molecule has 1 aromatic rings. The van der Waals surface area contributed by atoms with Gasteiger partial charge in [0.1, 0.15) is 12.1 Å². The van der Waals surface area contributed by atoms with Crippen molar-refractivity contribution in [2.45, 2.75) is 34.6 Å². The van der Waals surface area contributed by atoms with E-state index in [-0.39, 0.29) is 0 Å². The maximum atomic E-state index is 10.5. The number of hydrogen-bond acceptors (Lipinski definition) is 5. The lowest BCUT2D eigenvalue weighted by Crippen LogP contribution is -2.20. The molecule has 0 saturated carbocycles. The zero-order valence-electron chi connectivity index (χ0n) is 12.8. The van der Waals surface area contributed by atoms with Gasteiger partial charge in [-0.1, -0.05) is 32.1 Å². The molecule has 0 amide bonds. The van der Waals surface area contributed by atoms with Crippen molar-refractivity contribution in [2.75, 3.05) is 10.8 Å². The van der Waals surface area contributed by atoms with Crippen LogP contribution in [0.2, 0.25) is 0 Å². The van der Waals surface area contributed by atoms with Crippen molar-refractivity contribution < 1.29 is 0 Å². The molecular weight excluding hydrogens is 270 g/mol. The quantitative estimate of drug-likeness (QED) is 0.414. The van der Waals surface area contributed by atoms with Crippen LogP contribution in [-0.4, -0.2) is 12.3 Å². The summed E-state index contributed by atoms with van der Waals surface area (Å²) in [4.78, 5) is 14.7. The van der Waals surface area contributed by atoms with Gasteiger partial charge in [0.2, 0.25) is 0 Å². The molecule has 0 bridgehead atoms. The van der Waals surface area contributed by atoms with E-state index in [0.717, 1.165) is 29.1 Å². The molecule has 0 atom stereocenters. The molecule has 0 saturated heterocycles. The third-order valence-corrected chi connectivity index (χ3v) is 2.84. The molecule has 0 N–H and O–H groups in total. The van der Waals surface area contributed by atoms with E-state index < -0.39 is 0 Å². The Morgan fingerprint density at radius 3 is 2.65 bits per heavy atom. The zero-order valence-corrected chi connectivity index (χ0v) is 13.6. The largest absolute Gasteiger partial charge is 0.289 e. The molecular formula is C15H23N3OS. The average Bonchev–Trinajstić information content (AvgIpc) is 2.47. The number of anilines is 1. The first kappa shape index (κ1) is 18.4. The minimum Gasteiger partial charge on any atom is -0.289 e. The SMILES string of the molecule is C/C=C\N=C(C)CN(SN=O)c1cccc(C)c1.CC. The first-order valence-corrected chi connectivity index (χ1v) is 7.39. The minimum absolute atomic E-state index is 0.560. The lowest BCUT2D eigenvalue weighted by atomic mass is 10.2. The van der Waals surface area contributed by atoms with Gasteiger partial charge in [0, 0.05) is 22.2 Å². The fraction of sp³-hybridized carbons (Fsp3) is 0.400. The number of rotatable bonds is 6. The summed E-state index contributed by atoms with van der Waals surface area (Å²) >= 11 is 0.898. The van der Waals surface area contributed by atoms with Gasteiger partial charge in [-0.05, 0) is 38.5 Å². The van der Waals surface area contributed by atoms with E-state index >= 15 is 0 Å². The van der Waals surface area contributed by atoms with Crippen LogP contribution in [0.25, 0.3) is 0 Å². The normalized spacial score (nSPS) is 10.9. The van der Waals surface area contributed by atoms with E-state index in [1.54, 1.807) is 6.20 Å². The molecule has 0 fully saturated rings. The van der Waals surface area contributed by atoms with Crippen LogP contribution in [-0.2, 0) is 0 Å². The summed E-state index contributed by atoms with van der Waals surface area (Å²) < 4.78 is 4.72. The Bertz CT molecular complexity index is 458. The van der Waals surface area contributed by atoms with E-state index in [1.165, 1.54) is 0 Å². The lowest BCUT2D eigenvalue weighted by Gasteiger charge is -2.19. The molecule has 4 nitrogen and oxygen atoms in total. The van der Waals surface area contributed by atoms with Crippen molar-refractivity contribution in [1.82, 2.24) is 0 Å². The van der Waals surface area contributed by atoms with Crippen LogP contribution in [0.4, 0.5) is 5.69 Å². The van der Waals surface area contributed by atoms with Gasteiger partial charge >= 0.3 is 0 Å². The number of nitrogens with zero attached hydrogens (tertiary/aromatic N) is 3. The standard InChI is InChI=1S/C13H17N3OS.C2H6/c1-4-8-14-12(3)10-16(18-15-17)13-7-5-6-11(2)9-13;1-2/h4-9H,10H2,1-3H3;1-2H3/b8-4-,14-12?;. The number of nitroso groups, excluding NO2 is 1. The number of allylic oxidation sites excluding steroid dienone is 1. The molecule has 0 radical (unpaired) electrons. The van der Waals surface area contributed by atoms with Crippen LogP contribution in [0.3, 0.4) is 0 Å². The first-order chi connectivity index (χ1) is 9.67. The van der Waals surface area contributed by atoms with E-state index in [9.17, 15) is 4.91 Å². The summed E-state index contributed by atoms with van der Waals surface area (Å²) in [6.07, 6.45) is 3.61. The van der Waals surface area contributed by atoms with Crippen molar-refractivity contribution in [2.24, 2.45) is 9.57 Å². The average molecular weight is 293 g/mol. The molecule has 0 heterocycles. The molecule has 0 aliphatic carbocycles. The van der Waals surface area contributed by atoms with Gasteiger partial charge in [0.05, 0.1) is 6.54 Å². The van der Waals surface area contributed by atoms with Crippen molar-refractivity contribution >= 4 is 23.5 Å². The van der Waals surface area contributed by atoms with Gasteiger partial charge in [-0.2, -0.15) is 0 Å². The maximum Gasteiger partial charge on any atom is 0.140 e. The summed E-state index contributed by atoms with van der Waals surface area (Å²) in [6.45, 7) is 10.4. The second-order valence-electron chi connectivity index (χ2n) is 3.88. The molecule has 5 heteroatoms. The molecule has 20 heavy (non-hydrogen) atoms. The second-order valence-corrected chi connectivity index (χ2v) is 4.63. The Morgan fingerprint density at radius 2 is 2.10 bits per heavy atom. The van der Waals surface area contributed by atoms with Crippen molar-refractivity contribution in [3.05, 3.63) is 47.0 Å². The summed E-state index contributed by atoms with van der Waals surface area (Å²) in [5, 5.41) is 0. The van der Waals surface area contributed by atoms with E-state index in [2.05, 4.69) is 9.57 Å². The van der Waals surface area contributed by atoms with Gasteiger partial charge < -0.3 is 0 Å². The Kier molecular flexibility index (Phi) is 10.3. The highest BCUT2D eigenvalue weighted by atomic mass is 32.2. The molecule has 0 aliphatic rings. The number of hydrogen-bond donors (Lipinski definition) is 0. The molecule has 0 unspecified atom stereocenters. The second kappa shape index (κ2) is 11.2. The Morgan fingerprint density at radius 1 is 1.40 bits per heavy atom. The molecule has 1 rings (SSSR count).